The zero-order chi connectivity index (χ0) is 16.4. The highest BCUT2D eigenvalue weighted by Gasteiger charge is 2.09. The van der Waals surface area contributed by atoms with E-state index in [9.17, 15) is 4.79 Å². The van der Waals surface area contributed by atoms with Crippen LogP contribution in [0.2, 0.25) is 5.02 Å². The molecular weight excluding hydrogens is 380 g/mol. The van der Waals surface area contributed by atoms with Gasteiger partial charge >= 0.3 is 0 Å². The summed E-state index contributed by atoms with van der Waals surface area (Å²) in [6.45, 7) is 2.68. The second kappa shape index (κ2) is 6.72. The smallest absolute Gasteiger partial charge is 0.261 e. The normalized spacial score (nSPS) is 10.9. The molecule has 0 N–H and O–H groups in total. The van der Waals surface area contributed by atoms with Crippen molar-refractivity contribution in [1.82, 2.24) is 9.55 Å². The van der Waals surface area contributed by atoms with Gasteiger partial charge in [-0.2, -0.15) is 0 Å². The van der Waals surface area contributed by atoms with E-state index in [1.54, 1.807) is 17.0 Å². The number of hydrogen-bond acceptors (Lipinski definition) is 3. The van der Waals surface area contributed by atoms with Crippen molar-refractivity contribution >= 4 is 38.4 Å². The van der Waals surface area contributed by atoms with Crippen LogP contribution < -0.4 is 10.3 Å². The number of nitrogens with zero attached hydrogens (tertiary/aromatic N) is 2. The molecule has 4 nitrogen and oxygen atoms in total. The molecular formula is C17H14BrClN2O2. The van der Waals surface area contributed by atoms with E-state index in [1.165, 1.54) is 0 Å². The van der Waals surface area contributed by atoms with Crippen LogP contribution in [0.5, 0.6) is 5.75 Å². The highest BCUT2D eigenvalue weighted by atomic mass is 79.9. The lowest BCUT2D eigenvalue weighted by Crippen LogP contribution is -2.23. The van der Waals surface area contributed by atoms with E-state index in [1.807, 2.05) is 37.3 Å². The summed E-state index contributed by atoms with van der Waals surface area (Å²) in [5.41, 5.74) is 1.66. The van der Waals surface area contributed by atoms with Crippen molar-refractivity contribution in [2.75, 3.05) is 6.61 Å². The fourth-order valence-corrected chi connectivity index (χ4v) is 3.47. The summed E-state index contributed by atoms with van der Waals surface area (Å²) in [6, 6.07) is 11.1. The predicted octanol–water partition coefficient (Wildman–Crippen LogP) is 4.20. The zero-order valence-electron chi connectivity index (χ0n) is 12.4. The van der Waals surface area contributed by atoms with Gasteiger partial charge in [0.1, 0.15) is 6.61 Å². The van der Waals surface area contributed by atoms with Crippen LogP contribution in [0.1, 0.15) is 5.56 Å². The minimum Gasteiger partial charge on any atom is -0.489 e. The van der Waals surface area contributed by atoms with Crippen LogP contribution in [0.15, 0.2) is 52.0 Å². The summed E-state index contributed by atoms with van der Waals surface area (Å²) in [5, 5.41) is 1.14. The van der Waals surface area contributed by atoms with Crippen LogP contribution in [0, 0.1) is 6.92 Å². The number of aromatic nitrogens is 2. The van der Waals surface area contributed by atoms with Gasteiger partial charge in [-0.15, -0.1) is 0 Å². The average Bonchev–Trinajstić information content (AvgIpc) is 2.52. The Kier molecular flexibility index (Phi) is 4.68. The van der Waals surface area contributed by atoms with Crippen LogP contribution in [0.25, 0.3) is 10.9 Å². The molecule has 118 valence electrons. The van der Waals surface area contributed by atoms with Gasteiger partial charge in [0.2, 0.25) is 0 Å². The quantitative estimate of drug-likeness (QED) is 0.667. The first-order chi connectivity index (χ1) is 11.1. The van der Waals surface area contributed by atoms with Crippen molar-refractivity contribution < 1.29 is 4.74 Å². The molecule has 0 amide bonds. The van der Waals surface area contributed by atoms with Crippen molar-refractivity contribution in [2.45, 2.75) is 13.5 Å². The van der Waals surface area contributed by atoms with Gasteiger partial charge in [0.05, 0.1) is 33.3 Å². The van der Waals surface area contributed by atoms with E-state index in [2.05, 4.69) is 20.9 Å². The monoisotopic (exact) mass is 392 g/mol. The Labute approximate surface area is 146 Å². The van der Waals surface area contributed by atoms with E-state index in [4.69, 9.17) is 16.3 Å². The van der Waals surface area contributed by atoms with Crippen LogP contribution in [0.3, 0.4) is 0 Å². The molecule has 3 aromatic rings. The fourth-order valence-electron chi connectivity index (χ4n) is 2.34. The molecule has 0 spiro atoms. The van der Waals surface area contributed by atoms with Crippen molar-refractivity contribution in [1.29, 1.82) is 0 Å². The van der Waals surface area contributed by atoms with E-state index in [0.29, 0.717) is 34.8 Å². The maximum atomic E-state index is 12.4. The molecule has 0 bridgehead atoms. The highest BCUT2D eigenvalue weighted by molar-refractivity contribution is 9.10. The first kappa shape index (κ1) is 16.0. The summed E-state index contributed by atoms with van der Waals surface area (Å²) in [6.07, 6.45) is 1.54. The van der Waals surface area contributed by atoms with Gasteiger partial charge in [0, 0.05) is 0 Å². The first-order valence-electron chi connectivity index (χ1n) is 7.09. The van der Waals surface area contributed by atoms with Crippen LogP contribution in [-0.4, -0.2) is 16.2 Å². The number of rotatable bonds is 4. The molecule has 0 saturated heterocycles. The zero-order valence-corrected chi connectivity index (χ0v) is 14.8. The molecule has 23 heavy (non-hydrogen) atoms. The van der Waals surface area contributed by atoms with Gasteiger partial charge in [-0.3, -0.25) is 9.36 Å². The van der Waals surface area contributed by atoms with Gasteiger partial charge in [0.15, 0.2) is 5.75 Å². The summed E-state index contributed by atoms with van der Waals surface area (Å²) < 4.78 is 8.06. The number of halogens is 2. The summed E-state index contributed by atoms with van der Waals surface area (Å²) in [4.78, 5) is 16.7. The molecule has 0 radical (unpaired) electrons. The molecule has 1 heterocycles. The summed E-state index contributed by atoms with van der Waals surface area (Å²) in [7, 11) is 0. The summed E-state index contributed by atoms with van der Waals surface area (Å²) >= 11 is 9.63. The number of para-hydroxylation sites is 1. The van der Waals surface area contributed by atoms with Crippen LogP contribution >= 0.6 is 27.5 Å². The minimum atomic E-state index is -0.0757. The lowest BCUT2D eigenvalue weighted by Gasteiger charge is -2.12. The van der Waals surface area contributed by atoms with E-state index < -0.39 is 0 Å². The third-order valence-corrected chi connectivity index (χ3v) is 4.32. The number of benzene rings is 2. The largest absolute Gasteiger partial charge is 0.489 e. The Morgan fingerprint density at radius 2 is 2.09 bits per heavy atom. The lowest BCUT2D eigenvalue weighted by molar-refractivity contribution is 0.294. The molecule has 0 atom stereocenters. The Morgan fingerprint density at radius 3 is 2.87 bits per heavy atom. The van der Waals surface area contributed by atoms with E-state index >= 15 is 0 Å². The second-order valence-electron chi connectivity index (χ2n) is 5.17. The molecule has 0 unspecified atom stereocenters. The van der Waals surface area contributed by atoms with Gasteiger partial charge in [-0.1, -0.05) is 23.7 Å². The Balaban J connectivity index is 1.77. The van der Waals surface area contributed by atoms with Crippen LogP contribution in [0.4, 0.5) is 0 Å². The molecule has 0 aliphatic heterocycles. The number of aryl methyl sites for hydroxylation is 1. The van der Waals surface area contributed by atoms with Crippen molar-refractivity contribution in [3.05, 3.63) is 68.1 Å². The van der Waals surface area contributed by atoms with Crippen molar-refractivity contribution in [3.63, 3.8) is 0 Å². The van der Waals surface area contributed by atoms with Gasteiger partial charge in [-0.25, -0.2) is 4.98 Å². The van der Waals surface area contributed by atoms with Gasteiger partial charge in [0.25, 0.3) is 5.56 Å². The maximum Gasteiger partial charge on any atom is 0.261 e. The minimum absolute atomic E-state index is 0.0757. The number of fused-ring (bicyclic) bond motifs is 1. The van der Waals surface area contributed by atoms with Crippen molar-refractivity contribution in [3.8, 4) is 5.75 Å². The molecule has 0 aliphatic carbocycles. The molecule has 2 aromatic carbocycles. The standard InChI is InChI=1S/C17H14BrClN2O2/c1-11-8-13(18)16(14(19)9-11)23-7-6-21-10-20-15-5-3-2-4-12(15)17(21)22/h2-5,8-10H,6-7H2,1H3. The highest BCUT2D eigenvalue weighted by Crippen LogP contribution is 2.34. The molecule has 6 heteroatoms. The summed E-state index contributed by atoms with van der Waals surface area (Å²) in [5.74, 6) is 0.582. The molecule has 0 aliphatic rings. The molecule has 1 aromatic heterocycles. The Bertz CT molecular complexity index is 901. The third-order valence-electron chi connectivity index (χ3n) is 3.45. The molecule has 0 saturated carbocycles. The average molecular weight is 394 g/mol. The lowest BCUT2D eigenvalue weighted by atomic mass is 10.2. The maximum absolute atomic E-state index is 12.4. The van der Waals surface area contributed by atoms with E-state index in [0.717, 1.165) is 10.0 Å². The van der Waals surface area contributed by atoms with E-state index in [-0.39, 0.29) is 5.56 Å². The topological polar surface area (TPSA) is 44.1 Å². The SMILES string of the molecule is Cc1cc(Cl)c(OCCn2cnc3ccccc3c2=O)c(Br)c1. The second-order valence-corrected chi connectivity index (χ2v) is 6.43. The fraction of sp³-hybridized carbons (Fsp3) is 0.176. The Morgan fingerprint density at radius 1 is 1.30 bits per heavy atom. The van der Waals surface area contributed by atoms with Gasteiger partial charge in [-0.05, 0) is 52.7 Å². The van der Waals surface area contributed by atoms with Crippen LogP contribution in [-0.2, 0) is 6.54 Å². The first-order valence-corrected chi connectivity index (χ1v) is 8.26. The number of ether oxygens (including phenoxy) is 1. The molecule has 3 rings (SSSR count). The van der Waals surface area contributed by atoms with Gasteiger partial charge < -0.3 is 4.74 Å². The molecule has 0 fully saturated rings. The third kappa shape index (κ3) is 3.41. The Hall–Kier alpha value is -1.85. The number of hydrogen-bond donors (Lipinski definition) is 0. The predicted molar refractivity (Wildman–Crippen MR) is 95.4 cm³/mol. The van der Waals surface area contributed by atoms with Crippen molar-refractivity contribution in [2.24, 2.45) is 0 Å².